The van der Waals surface area contributed by atoms with Crippen LogP contribution in [0.15, 0.2) is 12.1 Å². The number of halogens is 1. The van der Waals surface area contributed by atoms with Crippen molar-refractivity contribution in [3.05, 3.63) is 22.7 Å². The topological polar surface area (TPSA) is 84.9 Å². The predicted molar refractivity (Wildman–Crippen MR) is 83.0 cm³/mol. The number of benzene rings is 1. The van der Waals surface area contributed by atoms with E-state index in [4.69, 9.17) is 26.2 Å². The maximum Gasteiger partial charge on any atom is 0.325 e. The maximum absolute atomic E-state index is 12.1. The molecule has 122 valence electrons. The average molecular weight is 330 g/mol. The predicted octanol–water partition coefficient (Wildman–Crippen LogP) is 2.73. The second-order valence-electron chi connectivity index (χ2n) is 4.60. The Kier molecular flexibility index (Phi) is 6.98. The number of nitrogens with one attached hydrogen (secondary N) is 1. The first-order valence-electron chi connectivity index (χ1n) is 7.03. The number of carbonyl (C=O) groups excluding carboxylic acids is 1. The Morgan fingerprint density at radius 1 is 1.32 bits per heavy atom. The van der Waals surface area contributed by atoms with E-state index in [1.165, 1.54) is 19.1 Å². The van der Waals surface area contributed by atoms with Crippen LogP contribution in [0.4, 0.5) is 0 Å². The lowest BCUT2D eigenvalue weighted by Gasteiger charge is -2.15. The van der Waals surface area contributed by atoms with Crippen molar-refractivity contribution in [2.75, 3.05) is 13.2 Å². The van der Waals surface area contributed by atoms with Gasteiger partial charge in [-0.05, 0) is 32.4 Å². The van der Waals surface area contributed by atoms with Crippen LogP contribution in [0.3, 0.4) is 0 Å². The van der Waals surface area contributed by atoms with Gasteiger partial charge in [-0.15, -0.1) is 0 Å². The number of amides is 1. The van der Waals surface area contributed by atoms with Gasteiger partial charge in [0.2, 0.25) is 0 Å². The molecule has 0 fully saturated rings. The molecule has 0 bridgehead atoms. The fourth-order valence-corrected chi connectivity index (χ4v) is 1.91. The molecule has 0 saturated heterocycles. The average Bonchev–Trinajstić information content (AvgIpc) is 2.46. The van der Waals surface area contributed by atoms with E-state index in [-0.39, 0.29) is 10.6 Å². The van der Waals surface area contributed by atoms with Crippen molar-refractivity contribution in [3.63, 3.8) is 0 Å². The smallest absolute Gasteiger partial charge is 0.325 e. The SMILES string of the molecule is CCCOc1c(Cl)cc(C(=O)N[C@@H](C)C(=O)O)cc1OCC. The summed E-state index contributed by atoms with van der Waals surface area (Å²) in [5, 5.41) is 11.4. The second-order valence-corrected chi connectivity index (χ2v) is 5.01. The summed E-state index contributed by atoms with van der Waals surface area (Å²) in [7, 11) is 0. The lowest BCUT2D eigenvalue weighted by molar-refractivity contribution is -0.138. The largest absolute Gasteiger partial charge is 0.490 e. The van der Waals surface area contributed by atoms with Gasteiger partial charge in [0.15, 0.2) is 11.5 Å². The Morgan fingerprint density at radius 2 is 2.00 bits per heavy atom. The summed E-state index contributed by atoms with van der Waals surface area (Å²) < 4.78 is 11.0. The fourth-order valence-electron chi connectivity index (χ4n) is 1.65. The van der Waals surface area contributed by atoms with Crippen LogP contribution in [0.1, 0.15) is 37.6 Å². The number of hydrogen-bond donors (Lipinski definition) is 2. The summed E-state index contributed by atoms with van der Waals surface area (Å²) in [6, 6.07) is 1.92. The van der Waals surface area contributed by atoms with E-state index in [0.717, 1.165) is 6.42 Å². The molecule has 1 aromatic rings. The van der Waals surface area contributed by atoms with Crippen molar-refractivity contribution in [1.29, 1.82) is 0 Å². The van der Waals surface area contributed by atoms with E-state index in [9.17, 15) is 9.59 Å². The summed E-state index contributed by atoms with van der Waals surface area (Å²) in [5.41, 5.74) is 0.213. The summed E-state index contributed by atoms with van der Waals surface area (Å²) in [6.07, 6.45) is 0.806. The summed E-state index contributed by atoms with van der Waals surface area (Å²) in [4.78, 5) is 22.9. The van der Waals surface area contributed by atoms with Gasteiger partial charge in [-0.3, -0.25) is 9.59 Å². The Hall–Kier alpha value is -1.95. The molecule has 0 unspecified atom stereocenters. The van der Waals surface area contributed by atoms with Crippen LogP contribution in [0.25, 0.3) is 0 Å². The first kappa shape index (κ1) is 18.1. The molecule has 0 spiro atoms. The number of carbonyl (C=O) groups is 2. The van der Waals surface area contributed by atoms with Crippen LogP contribution in [-0.4, -0.2) is 36.2 Å². The van der Waals surface area contributed by atoms with Gasteiger partial charge in [0, 0.05) is 5.56 Å². The van der Waals surface area contributed by atoms with Gasteiger partial charge in [-0.2, -0.15) is 0 Å². The number of carboxylic acids is 1. The third-order valence-electron chi connectivity index (χ3n) is 2.74. The van der Waals surface area contributed by atoms with E-state index in [1.807, 2.05) is 6.92 Å². The monoisotopic (exact) mass is 329 g/mol. The molecule has 0 radical (unpaired) electrons. The molecule has 0 aliphatic rings. The van der Waals surface area contributed by atoms with Crippen molar-refractivity contribution in [1.82, 2.24) is 5.32 Å². The maximum atomic E-state index is 12.1. The van der Waals surface area contributed by atoms with Gasteiger partial charge in [0.1, 0.15) is 6.04 Å². The van der Waals surface area contributed by atoms with Crippen molar-refractivity contribution in [2.24, 2.45) is 0 Å². The third kappa shape index (κ3) is 4.80. The zero-order chi connectivity index (χ0) is 16.7. The number of carboxylic acid groups (broad SMARTS) is 1. The standard InChI is InChI=1S/C15H20ClNO5/c1-4-6-22-13-11(16)7-10(8-12(13)21-5-2)14(18)17-9(3)15(19)20/h7-9H,4-6H2,1-3H3,(H,17,18)(H,19,20)/t9-/m0/s1. The third-order valence-corrected chi connectivity index (χ3v) is 3.02. The van der Waals surface area contributed by atoms with E-state index in [0.29, 0.717) is 24.7 Å². The number of hydrogen-bond acceptors (Lipinski definition) is 4. The molecular formula is C15H20ClNO5. The molecule has 1 rings (SSSR count). The Bertz CT molecular complexity index is 547. The zero-order valence-corrected chi connectivity index (χ0v) is 13.6. The van der Waals surface area contributed by atoms with Crippen LogP contribution in [-0.2, 0) is 4.79 Å². The molecular weight excluding hydrogens is 310 g/mol. The molecule has 0 aliphatic heterocycles. The van der Waals surface area contributed by atoms with Crippen LogP contribution >= 0.6 is 11.6 Å². The van der Waals surface area contributed by atoms with E-state index < -0.39 is 17.9 Å². The normalized spacial score (nSPS) is 11.6. The molecule has 1 atom stereocenters. The first-order chi connectivity index (χ1) is 10.4. The molecule has 0 aromatic heterocycles. The highest BCUT2D eigenvalue weighted by Crippen LogP contribution is 2.36. The number of ether oxygens (including phenoxy) is 2. The zero-order valence-electron chi connectivity index (χ0n) is 12.8. The van der Waals surface area contributed by atoms with E-state index in [1.54, 1.807) is 6.92 Å². The molecule has 0 saturated carbocycles. The number of aliphatic carboxylic acids is 1. The Balaban J connectivity index is 3.06. The minimum absolute atomic E-state index is 0.213. The number of rotatable bonds is 8. The minimum Gasteiger partial charge on any atom is -0.490 e. The lowest BCUT2D eigenvalue weighted by Crippen LogP contribution is -2.38. The van der Waals surface area contributed by atoms with Crippen molar-refractivity contribution < 1.29 is 24.2 Å². The Labute approximate surface area is 134 Å². The van der Waals surface area contributed by atoms with E-state index in [2.05, 4.69) is 5.32 Å². The van der Waals surface area contributed by atoms with Gasteiger partial charge in [0.25, 0.3) is 5.91 Å². The highest BCUT2D eigenvalue weighted by molar-refractivity contribution is 6.32. The summed E-state index contributed by atoms with van der Waals surface area (Å²) in [5.74, 6) is -0.919. The van der Waals surface area contributed by atoms with E-state index >= 15 is 0 Å². The molecule has 1 amide bonds. The second kappa shape index (κ2) is 8.48. The molecule has 2 N–H and O–H groups in total. The van der Waals surface area contributed by atoms with Crippen molar-refractivity contribution in [3.8, 4) is 11.5 Å². The van der Waals surface area contributed by atoms with Crippen molar-refractivity contribution >= 4 is 23.5 Å². The molecule has 7 heteroatoms. The van der Waals surface area contributed by atoms with Gasteiger partial charge in [-0.25, -0.2) is 0 Å². The van der Waals surface area contributed by atoms with Crippen LogP contribution in [0.5, 0.6) is 11.5 Å². The van der Waals surface area contributed by atoms with Gasteiger partial charge in [0.05, 0.1) is 18.2 Å². The van der Waals surface area contributed by atoms with Crippen LogP contribution < -0.4 is 14.8 Å². The molecule has 0 aliphatic carbocycles. The van der Waals surface area contributed by atoms with Gasteiger partial charge < -0.3 is 19.9 Å². The summed E-state index contributed by atoms with van der Waals surface area (Å²) in [6.45, 7) is 6.00. The van der Waals surface area contributed by atoms with Crippen molar-refractivity contribution in [2.45, 2.75) is 33.2 Å². The van der Waals surface area contributed by atoms with Gasteiger partial charge in [-0.1, -0.05) is 18.5 Å². The minimum atomic E-state index is -1.12. The molecule has 1 aromatic carbocycles. The summed E-state index contributed by atoms with van der Waals surface area (Å²) >= 11 is 6.15. The Morgan fingerprint density at radius 3 is 2.55 bits per heavy atom. The lowest BCUT2D eigenvalue weighted by atomic mass is 10.1. The molecule has 6 nitrogen and oxygen atoms in total. The molecule has 0 heterocycles. The highest BCUT2D eigenvalue weighted by atomic mass is 35.5. The van der Waals surface area contributed by atoms with Crippen LogP contribution in [0, 0.1) is 0 Å². The van der Waals surface area contributed by atoms with Crippen LogP contribution in [0.2, 0.25) is 5.02 Å². The van der Waals surface area contributed by atoms with Gasteiger partial charge >= 0.3 is 5.97 Å². The first-order valence-corrected chi connectivity index (χ1v) is 7.41. The molecule has 22 heavy (non-hydrogen) atoms. The highest BCUT2D eigenvalue weighted by Gasteiger charge is 2.19. The fraction of sp³-hybridized carbons (Fsp3) is 0.467. The quantitative estimate of drug-likeness (QED) is 0.766.